The summed E-state index contributed by atoms with van der Waals surface area (Å²) in [5, 5.41) is 6.47. The molecular weight excluding hydrogens is 234 g/mol. The highest BCUT2D eigenvalue weighted by molar-refractivity contribution is 7.16. The van der Waals surface area contributed by atoms with Gasteiger partial charge in [0, 0.05) is 19.8 Å². The SMILES string of the molecule is CCCOCCCNc1ncnc2sccc12. The molecule has 0 atom stereocenters. The topological polar surface area (TPSA) is 47.0 Å². The van der Waals surface area contributed by atoms with Crippen molar-refractivity contribution >= 4 is 27.4 Å². The van der Waals surface area contributed by atoms with E-state index in [9.17, 15) is 0 Å². The number of fused-ring (bicyclic) bond motifs is 1. The van der Waals surface area contributed by atoms with Gasteiger partial charge in [0.15, 0.2) is 0 Å². The van der Waals surface area contributed by atoms with Crippen molar-refractivity contribution in [1.29, 1.82) is 0 Å². The van der Waals surface area contributed by atoms with Crippen LogP contribution < -0.4 is 5.32 Å². The molecule has 2 aromatic rings. The molecule has 0 bridgehead atoms. The van der Waals surface area contributed by atoms with Crippen molar-refractivity contribution in [3.05, 3.63) is 17.8 Å². The number of rotatable bonds is 7. The van der Waals surface area contributed by atoms with Crippen molar-refractivity contribution < 1.29 is 4.74 Å². The Hall–Kier alpha value is -1.20. The summed E-state index contributed by atoms with van der Waals surface area (Å²) in [5.74, 6) is 0.923. The Bertz CT molecular complexity index is 458. The van der Waals surface area contributed by atoms with E-state index in [-0.39, 0.29) is 0 Å². The van der Waals surface area contributed by atoms with E-state index in [4.69, 9.17) is 4.74 Å². The highest BCUT2D eigenvalue weighted by Crippen LogP contribution is 2.23. The van der Waals surface area contributed by atoms with E-state index in [1.807, 2.05) is 5.38 Å². The minimum Gasteiger partial charge on any atom is -0.381 e. The molecule has 4 nitrogen and oxygen atoms in total. The number of aromatic nitrogens is 2. The fourth-order valence-corrected chi connectivity index (χ4v) is 2.29. The lowest BCUT2D eigenvalue weighted by Crippen LogP contribution is -2.07. The number of nitrogens with one attached hydrogen (secondary N) is 1. The molecule has 92 valence electrons. The molecule has 5 heteroatoms. The van der Waals surface area contributed by atoms with Crippen LogP contribution in [0.15, 0.2) is 17.8 Å². The molecule has 0 aromatic carbocycles. The summed E-state index contributed by atoms with van der Waals surface area (Å²) in [6.45, 7) is 4.65. The van der Waals surface area contributed by atoms with Gasteiger partial charge < -0.3 is 10.1 Å². The summed E-state index contributed by atoms with van der Waals surface area (Å²) < 4.78 is 5.42. The van der Waals surface area contributed by atoms with Gasteiger partial charge in [0.1, 0.15) is 17.0 Å². The molecule has 0 fully saturated rings. The number of thiophene rings is 1. The van der Waals surface area contributed by atoms with Crippen LogP contribution >= 0.6 is 11.3 Å². The Kier molecular flexibility index (Phi) is 4.70. The van der Waals surface area contributed by atoms with E-state index >= 15 is 0 Å². The summed E-state index contributed by atoms with van der Waals surface area (Å²) in [7, 11) is 0. The van der Waals surface area contributed by atoms with Gasteiger partial charge in [-0.25, -0.2) is 9.97 Å². The average Bonchev–Trinajstić information content (AvgIpc) is 2.82. The van der Waals surface area contributed by atoms with E-state index in [0.29, 0.717) is 0 Å². The molecule has 0 saturated heterocycles. The maximum absolute atomic E-state index is 5.42. The zero-order valence-corrected chi connectivity index (χ0v) is 10.8. The molecule has 0 unspecified atom stereocenters. The zero-order chi connectivity index (χ0) is 11.9. The standard InChI is InChI=1S/C12H17N3OS/c1-2-6-16-7-3-5-13-11-10-4-8-17-12(10)15-9-14-11/h4,8-9H,2-3,5-7H2,1H3,(H,13,14,15). The fraction of sp³-hybridized carbons (Fsp3) is 0.500. The van der Waals surface area contributed by atoms with Gasteiger partial charge in [0.2, 0.25) is 0 Å². The van der Waals surface area contributed by atoms with Gasteiger partial charge in [-0.1, -0.05) is 6.92 Å². The number of nitrogens with zero attached hydrogens (tertiary/aromatic N) is 2. The Morgan fingerprint density at radius 3 is 3.18 bits per heavy atom. The molecule has 0 saturated carbocycles. The second kappa shape index (κ2) is 6.51. The van der Waals surface area contributed by atoms with E-state index in [0.717, 1.165) is 48.6 Å². The van der Waals surface area contributed by atoms with Gasteiger partial charge in [-0.15, -0.1) is 11.3 Å². The van der Waals surface area contributed by atoms with Crippen LogP contribution in [0.2, 0.25) is 0 Å². The lowest BCUT2D eigenvalue weighted by molar-refractivity contribution is 0.134. The molecule has 0 aliphatic rings. The van der Waals surface area contributed by atoms with Crippen LogP contribution in [0.4, 0.5) is 5.82 Å². The molecule has 2 rings (SSSR count). The third kappa shape index (κ3) is 3.38. The van der Waals surface area contributed by atoms with Crippen LogP contribution in [0.3, 0.4) is 0 Å². The first kappa shape index (κ1) is 12.3. The van der Waals surface area contributed by atoms with E-state index in [1.165, 1.54) is 0 Å². The van der Waals surface area contributed by atoms with Gasteiger partial charge in [0.25, 0.3) is 0 Å². The Labute approximate surface area is 105 Å². The first-order valence-corrected chi connectivity index (χ1v) is 6.79. The number of anilines is 1. The van der Waals surface area contributed by atoms with Crippen LogP contribution in [-0.4, -0.2) is 29.7 Å². The molecule has 0 aliphatic heterocycles. The van der Waals surface area contributed by atoms with Crippen LogP contribution in [-0.2, 0) is 4.74 Å². The molecule has 2 heterocycles. The zero-order valence-electron chi connectivity index (χ0n) is 9.98. The summed E-state index contributed by atoms with van der Waals surface area (Å²) in [6.07, 6.45) is 3.68. The quantitative estimate of drug-likeness (QED) is 0.769. The van der Waals surface area contributed by atoms with Crippen LogP contribution in [0.25, 0.3) is 10.2 Å². The second-order valence-electron chi connectivity index (χ2n) is 3.75. The predicted molar refractivity (Wildman–Crippen MR) is 71.6 cm³/mol. The van der Waals surface area contributed by atoms with Crippen LogP contribution in [0.5, 0.6) is 0 Å². The first-order chi connectivity index (χ1) is 8.42. The minimum atomic E-state index is 0.804. The maximum Gasteiger partial charge on any atom is 0.138 e. The maximum atomic E-state index is 5.42. The normalized spacial score (nSPS) is 10.9. The molecule has 0 amide bonds. The van der Waals surface area contributed by atoms with Crippen molar-refractivity contribution in [1.82, 2.24) is 9.97 Å². The highest BCUT2D eigenvalue weighted by atomic mass is 32.1. The van der Waals surface area contributed by atoms with Crippen LogP contribution in [0.1, 0.15) is 19.8 Å². The fourth-order valence-electron chi connectivity index (χ4n) is 1.56. The Morgan fingerprint density at radius 1 is 1.35 bits per heavy atom. The summed E-state index contributed by atoms with van der Waals surface area (Å²) in [5.41, 5.74) is 0. The first-order valence-electron chi connectivity index (χ1n) is 5.91. The molecule has 17 heavy (non-hydrogen) atoms. The molecule has 0 radical (unpaired) electrons. The predicted octanol–water partition coefficient (Wildman–Crippen LogP) is 2.92. The molecule has 0 spiro atoms. The van der Waals surface area contributed by atoms with E-state index in [1.54, 1.807) is 17.7 Å². The van der Waals surface area contributed by atoms with Gasteiger partial charge in [-0.05, 0) is 24.3 Å². The lowest BCUT2D eigenvalue weighted by Gasteiger charge is -2.06. The number of hydrogen-bond donors (Lipinski definition) is 1. The van der Waals surface area contributed by atoms with Gasteiger partial charge in [0.05, 0.1) is 5.39 Å². The van der Waals surface area contributed by atoms with E-state index in [2.05, 4.69) is 28.3 Å². The third-order valence-electron chi connectivity index (χ3n) is 2.37. The van der Waals surface area contributed by atoms with Gasteiger partial charge in [-0.2, -0.15) is 0 Å². The van der Waals surface area contributed by atoms with Crippen molar-refractivity contribution in [2.45, 2.75) is 19.8 Å². The van der Waals surface area contributed by atoms with Crippen molar-refractivity contribution in [3.8, 4) is 0 Å². The number of ether oxygens (including phenoxy) is 1. The Morgan fingerprint density at radius 2 is 2.29 bits per heavy atom. The molecule has 2 aromatic heterocycles. The monoisotopic (exact) mass is 251 g/mol. The molecular formula is C12H17N3OS. The Balaban J connectivity index is 1.80. The molecule has 0 aliphatic carbocycles. The molecule has 1 N–H and O–H groups in total. The third-order valence-corrected chi connectivity index (χ3v) is 3.19. The van der Waals surface area contributed by atoms with Gasteiger partial charge in [-0.3, -0.25) is 0 Å². The minimum absolute atomic E-state index is 0.804. The number of hydrogen-bond acceptors (Lipinski definition) is 5. The lowest BCUT2D eigenvalue weighted by atomic mass is 10.3. The summed E-state index contributed by atoms with van der Waals surface area (Å²) in [6, 6.07) is 2.05. The largest absolute Gasteiger partial charge is 0.381 e. The summed E-state index contributed by atoms with van der Waals surface area (Å²) >= 11 is 1.64. The van der Waals surface area contributed by atoms with Crippen LogP contribution in [0, 0.1) is 0 Å². The van der Waals surface area contributed by atoms with Crippen molar-refractivity contribution in [2.75, 3.05) is 25.1 Å². The summed E-state index contributed by atoms with van der Waals surface area (Å²) in [4.78, 5) is 9.50. The van der Waals surface area contributed by atoms with Crippen molar-refractivity contribution in [3.63, 3.8) is 0 Å². The second-order valence-corrected chi connectivity index (χ2v) is 4.65. The van der Waals surface area contributed by atoms with Gasteiger partial charge >= 0.3 is 0 Å². The average molecular weight is 251 g/mol. The smallest absolute Gasteiger partial charge is 0.138 e. The van der Waals surface area contributed by atoms with E-state index < -0.39 is 0 Å². The van der Waals surface area contributed by atoms with Crippen molar-refractivity contribution in [2.24, 2.45) is 0 Å². The highest BCUT2D eigenvalue weighted by Gasteiger charge is 2.03.